The van der Waals surface area contributed by atoms with Gasteiger partial charge in [-0.05, 0) is 37.1 Å². The molecule has 2 amide bonds. The van der Waals surface area contributed by atoms with E-state index in [1.807, 2.05) is 18.0 Å². The highest BCUT2D eigenvalue weighted by Gasteiger charge is 2.34. The summed E-state index contributed by atoms with van der Waals surface area (Å²) in [7, 11) is 1.82. The molecule has 7 nitrogen and oxygen atoms in total. The van der Waals surface area contributed by atoms with Crippen molar-refractivity contribution in [2.45, 2.75) is 38.0 Å². The van der Waals surface area contributed by atoms with Crippen LogP contribution in [-0.2, 0) is 9.59 Å². The lowest BCUT2D eigenvalue weighted by atomic mass is 9.95. The fourth-order valence-corrected chi connectivity index (χ4v) is 4.23. The van der Waals surface area contributed by atoms with Gasteiger partial charge in [0.15, 0.2) is 0 Å². The molecule has 8 heteroatoms. The van der Waals surface area contributed by atoms with Gasteiger partial charge >= 0.3 is 0 Å². The molecule has 0 spiro atoms. The molecule has 0 saturated carbocycles. The summed E-state index contributed by atoms with van der Waals surface area (Å²) in [6.45, 7) is 3.53. The summed E-state index contributed by atoms with van der Waals surface area (Å²) in [5.74, 6) is 1.44. The average Bonchev–Trinajstić information content (AvgIpc) is 3.15. The van der Waals surface area contributed by atoms with E-state index in [1.165, 1.54) is 12.1 Å². The SMILES string of the molecule is CNc1cc([C@H]2CC(=O)N(c3ccc(F)cc3)C2)nc(C2CCN(C(C)=O)CC2)n1. The summed E-state index contributed by atoms with van der Waals surface area (Å²) in [6, 6.07) is 7.89. The molecular weight excluding hydrogens is 385 g/mol. The summed E-state index contributed by atoms with van der Waals surface area (Å²) >= 11 is 0. The Morgan fingerprint density at radius 3 is 2.47 bits per heavy atom. The average molecular weight is 411 g/mol. The number of nitrogens with zero attached hydrogens (tertiary/aromatic N) is 4. The van der Waals surface area contributed by atoms with Crippen LogP contribution in [0.15, 0.2) is 30.3 Å². The van der Waals surface area contributed by atoms with Crippen molar-refractivity contribution in [1.29, 1.82) is 0 Å². The van der Waals surface area contributed by atoms with Crippen molar-refractivity contribution in [2.24, 2.45) is 0 Å². The van der Waals surface area contributed by atoms with E-state index in [4.69, 9.17) is 4.98 Å². The van der Waals surface area contributed by atoms with Crippen LogP contribution in [-0.4, -0.2) is 53.4 Å². The number of rotatable bonds is 4. The maximum atomic E-state index is 13.2. The van der Waals surface area contributed by atoms with Gasteiger partial charge in [-0.2, -0.15) is 0 Å². The van der Waals surface area contributed by atoms with Crippen molar-refractivity contribution in [2.75, 3.05) is 36.9 Å². The normalized spacial score (nSPS) is 20.0. The summed E-state index contributed by atoms with van der Waals surface area (Å²) in [5, 5.41) is 3.10. The molecule has 1 atom stereocenters. The van der Waals surface area contributed by atoms with Gasteiger partial charge in [0.05, 0.1) is 5.69 Å². The zero-order valence-corrected chi connectivity index (χ0v) is 17.3. The van der Waals surface area contributed by atoms with E-state index in [2.05, 4.69) is 10.3 Å². The van der Waals surface area contributed by atoms with Crippen molar-refractivity contribution in [3.8, 4) is 0 Å². The Labute approximate surface area is 175 Å². The van der Waals surface area contributed by atoms with Gasteiger partial charge < -0.3 is 15.1 Å². The number of aromatic nitrogens is 2. The van der Waals surface area contributed by atoms with E-state index in [0.29, 0.717) is 31.7 Å². The monoisotopic (exact) mass is 411 g/mol. The highest BCUT2D eigenvalue weighted by atomic mass is 19.1. The molecule has 0 unspecified atom stereocenters. The van der Waals surface area contributed by atoms with Gasteiger partial charge in [0.1, 0.15) is 17.5 Å². The van der Waals surface area contributed by atoms with E-state index in [9.17, 15) is 14.0 Å². The Morgan fingerprint density at radius 2 is 1.83 bits per heavy atom. The second-order valence-corrected chi connectivity index (χ2v) is 7.95. The summed E-state index contributed by atoms with van der Waals surface area (Å²) in [6.07, 6.45) is 2.02. The first kappa shape index (κ1) is 20.3. The Bertz CT molecular complexity index is 941. The van der Waals surface area contributed by atoms with Crippen LogP contribution in [0.25, 0.3) is 0 Å². The van der Waals surface area contributed by atoms with Crippen LogP contribution in [0.1, 0.15) is 49.5 Å². The second kappa shape index (κ2) is 8.38. The molecule has 0 aliphatic carbocycles. The number of benzene rings is 1. The van der Waals surface area contributed by atoms with Gasteiger partial charge in [-0.3, -0.25) is 9.59 Å². The summed E-state index contributed by atoms with van der Waals surface area (Å²) in [5.41, 5.74) is 1.54. The minimum Gasteiger partial charge on any atom is -0.373 e. The number of amides is 2. The van der Waals surface area contributed by atoms with Gasteiger partial charge in [0.2, 0.25) is 11.8 Å². The number of halogens is 1. The minimum atomic E-state index is -0.322. The van der Waals surface area contributed by atoms with Gasteiger partial charge in [-0.25, -0.2) is 14.4 Å². The first-order chi connectivity index (χ1) is 14.4. The Hall–Kier alpha value is -3.03. The van der Waals surface area contributed by atoms with Crippen molar-refractivity contribution in [1.82, 2.24) is 14.9 Å². The Morgan fingerprint density at radius 1 is 1.13 bits per heavy atom. The zero-order valence-electron chi connectivity index (χ0n) is 17.3. The molecule has 1 N–H and O–H groups in total. The molecule has 30 heavy (non-hydrogen) atoms. The zero-order chi connectivity index (χ0) is 21.3. The fraction of sp³-hybridized carbons (Fsp3) is 0.455. The third kappa shape index (κ3) is 4.13. The topological polar surface area (TPSA) is 78.4 Å². The molecular formula is C22H26FN5O2. The molecule has 2 aromatic rings. The molecule has 1 aromatic carbocycles. The molecule has 0 radical (unpaired) electrons. The second-order valence-electron chi connectivity index (χ2n) is 7.95. The van der Waals surface area contributed by atoms with Crippen LogP contribution >= 0.6 is 0 Å². The van der Waals surface area contributed by atoms with Gasteiger partial charge in [-0.1, -0.05) is 0 Å². The van der Waals surface area contributed by atoms with E-state index < -0.39 is 0 Å². The number of carbonyl (C=O) groups excluding carboxylic acids is 2. The lowest BCUT2D eigenvalue weighted by molar-refractivity contribution is -0.129. The molecule has 2 saturated heterocycles. The van der Waals surface area contributed by atoms with Gasteiger partial charge in [0, 0.05) is 63.6 Å². The van der Waals surface area contributed by atoms with E-state index in [0.717, 1.165) is 30.2 Å². The molecule has 158 valence electrons. The largest absolute Gasteiger partial charge is 0.373 e. The summed E-state index contributed by atoms with van der Waals surface area (Å²) in [4.78, 5) is 37.3. The molecule has 0 bridgehead atoms. The van der Waals surface area contributed by atoms with Crippen LogP contribution in [0.2, 0.25) is 0 Å². The van der Waals surface area contributed by atoms with Crippen LogP contribution in [0.5, 0.6) is 0 Å². The smallest absolute Gasteiger partial charge is 0.227 e. The van der Waals surface area contributed by atoms with Crippen LogP contribution < -0.4 is 10.2 Å². The first-order valence-corrected chi connectivity index (χ1v) is 10.3. The number of likely N-dealkylation sites (tertiary alicyclic amines) is 1. The minimum absolute atomic E-state index is 0.00699. The van der Waals surface area contributed by atoms with Crippen molar-refractivity contribution in [3.63, 3.8) is 0 Å². The number of carbonyl (C=O) groups is 2. The Balaban J connectivity index is 1.54. The fourth-order valence-electron chi connectivity index (χ4n) is 4.23. The maximum Gasteiger partial charge on any atom is 0.227 e. The summed E-state index contributed by atoms with van der Waals surface area (Å²) < 4.78 is 13.2. The molecule has 3 heterocycles. The standard InChI is InChI=1S/C22H26FN5O2/c1-14(29)27-9-7-15(8-10-27)22-25-19(12-20(24-2)26-22)16-11-21(30)28(13-16)18-5-3-17(23)4-6-18/h3-6,12,15-16H,7-11,13H2,1-2H3,(H,24,25,26)/t16-/m0/s1. The predicted octanol–water partition coefficient (Wildman–Crippen LogP) is 2.90. The van der Waals surface area contributed by atoms with Crippen molar-refractivity contribution < 1.29 is 14.0 Å². The molecule has 2 fully saturated rings. The Kier molecular flexibility index (Phi) is 5.65. The van der Waals surface area contributed by atoms with E-state index in [1.54, 1.807) is 24.0 Å². The van der Waals surface area contributed by atoms with Gasteiger partial charge in [0.25, 0.3) is 0 Å². The number of hydrogen-bond donors (Lipinski definition) is 1. The molecule has 4 rings (SSSR count). The number of hydrogen-bond acceptors (Lipinski definition) is 5. The van der Waals surface area contributed by atoms with E-state index in [-0.39, 0.29) is 29.5 Å². The highest BCUT2D eigenvalue weighted by molar-refractivity contribution is 5.96. The molecule has 2 aliphatic rings. The quantitative estimate of drug-likeness (QED) is 0.837. The third-order valence-corrected chi connectivity index (χ3v) is 6.01. The number of anilines is 2. The number of piperidine rings is 1. The van der Waals surface area contributed by atoms with Crippen LogP contribution in [0.4, 0.5) is 15.9 Å². The van der Waals surface area contributed by atoms with Crippen LogP contribution in [0.3, 0.4) is 0 Å². The van der Waals surface area contributed by atoms with Crippen molar-refractivity contribution >= 4 is 23.3 Å². The van der Waals surface area contributed by atoms with E-state index >= 15 is 0 Å². The first-order valence-electron chi connectivity index (χ1n) is 10.3. The van der Waals surface area contributed by atoms with Gasteiger partial charge in [-0.15, -0.1) is 0 Å². The lowest BCUT2D eigenvalue weighted by Crippen LogP contribution is -2.36. The molecule has 1 aromatic heterocycles. The molecule has 2 aliphatic heterocycles. The number of nitrogens with one attached hydrogen (secondary N) is 1. The third-order valence-electron chi connectivity index (χ3n) is 6.01. The predicted molar refractivity (Wildman–Crippen MR) is 112 cm³/mol. The van der Waals surface area contributed by atoms with Crippen LogP contribution in [0, 0.1) is 5.82 Å². The maximum absolute atomic E-state index is 13.2. The highest BCUT2D eigenvalue weighted by Crippen LogP contribution is 2.33. The van der Waals surface area contributed by atoms with Crippen molar-refractivity contribution in [3.05, 3.63) is 47.7 Å². The lowest BCUT2D eigenvalue weighted by Gasteiger charge is -2.30.